The number of amides is 2. The highest BCUT2D eigenvalue weighted by Gasteiger charge is 2.39. The predicted molar refractivity (Wildman–Crippen MR) is 109 cm³/mol. The minimum Gasteiger partial charge on any atom is -0.493 e. The summed E-state index contributed by atoms with van der Waals surface area (Å²) < 4.78 is 18.9. The Balaban J connectivity index is 1.70. The van der Waals surface area contributed by atoms with Gasteiger partial charge in [-0.3, -0.25) is 9.59 Å². The van der Waals surface area contributed by atoms with Gasteiger partial charge >= 0.3 is 0 Å². The molecular formula is C22H24ClFN2O3. The summed E-state index contributed by atoms with van der Waals surface area (Å²) in [4.78, 5) is 26.3. The van der Waals surface area contributed by atoms with Crippen LogP contribution in [0.3, 0.4) is 0 Å². The molecule has 29 heavy (non-hydrogen) atoms. The van der Waals surface area contributed by atoms with Crippen molar-refractivity contribution in [2.45, 2.75) is 25.7 Å². The third kappa shape index (κ3) is 5.94. The number of hydrogen-bond acceptors (Lipinski definition) is 3. The van der Waals surface area contributed by atoms with E-state index in [1.54, 1.807) is 17.0 Å². The van der Waals surface area contributed by atoms with E-state index in [1.165, 1.54) is 24.3 Å². The SMILES string of the molecule is NC(=O)C[C@@]1(COc2ccc(F)cc2)CCCN(C(=O)Cc2cccc(Cl)c2)C1. The number of piperidine rings is 1. The molecule has 3 rings (SSSR count). The molecule has 1 heterocycles. The van der Waals surface area contributed by atoms with Crippen LogP contribution in [-0.4, -0.2) is 36.4 Å². The maximum absolute atomic E-state index is 13.1. The third-order valence-electron chi connectivity index (χ3n) is 5.17. The number of primary amides is 1. The summed E-state index contributed by atoms with van der Waals surface area (Å²) in [5.41, 5.74) is 5.77. The predicted octanol–water partition coefficient (Wildman–Crippen LogP) is 3.58. The largest absolute Gasteiger partial charge is 0.493 e. The van der Waals surface area contributed by atoms with E-state index in [0.29, 0.717) is 23.9 Å². The number of benzene rings is 2. The van der Waals surface area contributed by atoms with Gasteiger partial charge in [-0.1, -0.05) is 23.7 Å². The number of hydrogen-bond donors (Lipinski definition) is 1. The van der Waals surface area contributed by atoms with Crippen LogP contribution in [0, 0.1) is 11.2 Å². The van der Waals surface area contributed by atoms with Crippen LogP contribution in [-0.2, 0) is 16.0 Å². The van der Waals surface area contributed by atoms with E-state index in [9.17, 15) is 14.0 Å². The summed E-state index contributed by atoms with van der Waals surface area (Å²) in [7, 11) is 0. The van der Waals surface area contributed by atoms with E-state index in [-0.39, 0.29) is 31.2 Å². The molecule has 1 fully saturated rings. The van der Waals surface area contributed by atoms with Crippen molar-refractivity contribution in [3.05, 3.63) is 64.9 Å². The fourth-order valence-electron chi connectivity index (χ4n) is 3.80. The minimum absolute atomic E-state index is 0.0254. The van der Waals surface area contributed by atoms with Gasteiger partial charge in [-0.2, -0.15) is 0 Å². The fraction of sp³-hybridized carbons (Fsp3) is 0.364. The second-order valence-electron chi connectivity index (χ2n) is 7.61. The first kappa shape index (κ1) is 21.1. The lowest BCUT2D eigenvalue weighted by Crippen LogP contribution is -2.50. The van der Waals surface area contributed by atoms with Crippen molar-refractivity contribution in [1.82, 2.24) is 4.90 Å². The van der Waals surface area contributed by atoms with Crippen LogP contribution in [0.25, 0.3) is 0 Å². The van der Waals surface area contributed by atoms with E-state index in [0.717, 1.165) is 18.4 Å². The van der Waals surface area contributed by atoms with Crippen molar-refractivity contribution < 1.29 is 18.7 Å². The quantitative estimate of drug-likeness (QED) is 0.746. The Bertz CT molecular complexity index is 875. The summed E-state index contributed by atoms with van der Waals surface area (Å²) in [5, 5.41) is 0.588. The number of nitrogens with two attached hydrogens (primary N) is 1. The minimum atomic E-state index is -0.567. The monoisotopic (exact) mass is 418 g/mol. The van der Waals surface area contributed by atoms with Crippen molar-refractivity contribution in [3.63, 3.8) is 0 Å². The van der Waals surface area contributed by atoms with Gasteiger partial charge in [0.25, 0.3) is 0 Å². The first-order valence-electron chi connectivity index (χ1n) is 9.54. The zero-order chi connectivity index (χ0) is 20.9. The Morgan fingerprint density at radius 2 is 1.97 bits per heavy atom. The first-order chi connectivity index (χ1) is 13.8. The smallest absolute Gasteiger partial charge is 0.227 e. The number of likely N-dealkylation sites (tertiary alicyclic amines) is 1. The van der Waals surface area contributed by atoms with E-state index < -0.39 is 11.3 Å². The van der Waals surface area contributed by atoms with Gasteiger partial charge in [0.15, 0.2) is 0 Å². The lowest BCUT2D eigenvalue weighted by molar-refractivity contribution is -0.136. The summed E-state index contributed by atoms with van der Waals surface area (Å²) in [6.07, 6.45) is 1.83. The molecule has 1 saturated heterocycles. The normalized spacial score (nSPS) is 19.0. The van der Waals surface area contributed by atoms with Crippen molar-refractivity contribution in [1.29, 1.82) is 0 Å². The van der Waals surface area contributed by atoms with Crippen molar-refractivity contribution in [3.8, 4) is 5.75 Å². The number of carbonyl (C=O) groups is 2. The molecule has 0 aliphatic carbocycles. The molecule has 0 saturated carbocycles. The molecule has 1 aliphatic heterocycles. The highest BCUT2D eigenvalue weighted by Crippen LogP contribution is 2.34. The van der Waals surface area contributed by atoms with Gasteiger partial charge in [0.1, 0.15) is 11.6 Å². The Hall–Kier alpha value is -2.60. The molecule has 2 amide bonds. The topological polar surface area (TPSA) is 72.6 Å². The lowest BCUT2D eigenvalue weighted by Gasteiger charge is -2.42. The molecule has 1 atom stereocenters. The molecule has 0 aromatic heterocycles. The van der Waals surface area contributed by atoms with Crippen LogP contribution < -0.4 is 10.5 Å². The van der Waals surface area contributed by atoms with E-state index >= 15 is 0 Å². The Morgan fingerprint density at radius 3 is 2.66 bits per heavy atom. The van der Waals surface area contributed by atoms with Crippen molar-refractivity contribution in [2.24, 2.45) is 11.1 Å². The average molecular weight is 419 g/mol. The standard InChI is InChI=1S/C22H24ClFN2O3/c23-17-4-1-3-16(11-17)12-21(28)26-10-2-9-22(14-26,13-20(25)27)15-29-19-7-5-18(24)6-8-19/h1,3-8,11H,2,9-10,12-15H2,(H2,25,27)/t22-/m0/s1. The van der Waals surface area contributed by atoms with Crippen molar-refractivity contribution >= 4 is 23.4 Å². The van der Waals surface area contributed by atoms with Crippen LogP contribution in [0.4, 0.5) is 4.39 Å². The molecule has 7 heteroatoms. The van der Waals surface area contributed by atoms with Crippen LogP contribution >= 0.6 is 11.6 Å². The summed E-state index contributed by atoms with van der Waals surface area (Å²) >= 11 is 6.01. The second-order valence-corrected chi connectivity index (χ2v) is 8.05. The van der Waals surface area contributed by atoms with Gasteiger partial charge in [-0.15, -0.1) is 0 Å². The molecule has 0 bridgehead atoms. The Kier molecular flexibility index (Phi) is 6.75. The molecule has 2 aromatic rings. The van der Waals surface area contributed by atoms with Gasteiger partial charge in [-0.25, -0.2) is 4.39 Å². The van der Waals surface area contributed by atoms with Crippen LogP contribution in [0.5, 0.6) is 5.75 Å². The summed E-state index contributed by atoms with van der Waals surface area (Å²) in [5.74, 6) is -0.295. The van der Waals surface area contributed by atoms with Gasteiger partial charge < -0.3 is 15.4 Å². The molecular weight excluding hydrogens is 395 g/mol. The van der Waals surface area contributed by atoms with E-state index in [1.807, 2.05) is 12.1 Å². The molecule has 1 aliphatic rings. The molecule has 5 nitrogen and oxygen atoms in total. The third-order valence-corrected chi connectivity index (χ3v) is 5.40. The van der Waals surface area contributed by atoms with Crippen LogP contribution in [0.15, 0.2) is 48.5 Å². The highest BCUT2D eigenvalue weighted by atomic mass is 35.5. The first-order valence-corrected chi connectivity index (χ1v) is 9.92. The second kappa shape index (κ2) is 9.27. The molecule has 0 spiro atoms. The zero-order valence-electron chi connectivity index (χ0n) is 16.1. The van der Waals surface area contributed by atoms with E-state index in [2.05, 4.69) is 0 Å². The van der Waals surface area contributed by atoms with E-state index in [4.69, 9.17) is 22.1 Å². The number of rotatable bonds is 7. The van der Waals surface area contributed by atoms with Gasteiger partial charge in [0.2, 0.25) is 11.8 Å². The maximum Gasteiger partial charge on any atom is 0.227 e. The molecule has 0 unspecified atom stereocenters. The summed E-state index contributed by atoms with van der Waals surface area (Å²) in [6.45, 7) is 1.23. The number of ether oxygens (including phenoxy) is 1. The maximum atomic E-state index is 13.1. The Labute approximate surface area is 174 Å². The average Bonchev–Trinajstić information content (AvgIpc) is 2.67. The highest BCUT2D eigenvalue weighted by molar-refractivity contribution is 6.30. The van der Waals surface area contributed by atoms with Crippen LogP contribution in [0.2, 0.25) is 5.02 Å². The molecule has 0 radical (unpaired) electrons. The van der Waals surface area contributed by atoms with Gasteiger partial charge in [0, 0.05) is 29.9 Å². The fourth-order valence-corrected chi connectivity index (χ4v) is 4.02. The number of carbonyl (C=O) groups excluding carboxylic acids is 2. The zero-order valence-corrected chi connectivity index (χ0v) is 16.8. The summed E-state index contributed by atoms with van der Waals surface area (Å²) in [6, 6.07) is 12.9. The van der Waals surface area contributed by atoms with Crippen molar-refractivity contribution in [2.75, 3.05) is 19.7 Å². The lowest BCUT2D eigenvalue weighted by atomic mass is 9.77. The van der Waals surface area contributed by atoms with Gasteiger partial charge in [-0.05, 0) is 54.8 Å². The number of halogens is 2. The number of nitrogens with zero attached hydrogens (tertiary/aromatic N) is 1. The Morgan fingerprint density at radius 1 is 1.21 bits per heavy atom. The molecule has 2 aromatic carbocycles. The molecule has 2 N–H and O–H groups in total. The van der Waals surface area contributed by atoms with Crippen LogP contribution in [0.1, 0.15) is 24.8 Å². The van der Waals surface area contributed by atoms with Gasteiger partial charge in [0.05, 0.1) is 13.0 Å². The molecule has 154 valence electrons.